The summed E-state index contributed by atoms with van der Waals surface area (Å²) < 4.78 is 19.7. The van der Waals surface area contributed by atoms with Gasteiger partial charge in [0.2, 0.25) is 0 Å². The summed E-state index contributed by atoms with van der Waals surface area (Å²) >= 11 is 0. The summed E-state index contributed by atoms with van der Waals surface area (Å²) in [6, 6.07) is 14.5. The molecule has 0 aromatic heterocycles. The topological polar surface area (TPSA) is 49.8 Å². The summed E-state index contributed by atoms with van der Waals surface area (Å²) in [4.78, 5) is 12.7. The van der Waals surface area contributed by atoms with Crippen LogP contribution in [0.25, 0.3) is 0 Å². The number of carbonyl (C=O) groups is 1. The molecule has 1 aliphatic rings. The van der Waals surface area contributed by atoms with E-state index in [0.717, 1.165) is 5.56 Å². The summed E-state index contributed by atoms with van der Waals surface area (Å²) in [5.41, 5.74) is 1.58. The third kappa shape index (κ3) is 3.87. The number of hydrogen-bond donors (Lipinski definition) is 1. The highest BCUT2D eigenvalue weighted by Crippen LogP contribution is 2.23. The molecular weight excluding hydrogens is 297 g/mol. The Hall–Kier alpha value is -2.40. The van der Waals surface area contributed by atoms with Gasteiger partial charge in [0.15, 0.2) is 0 Å². The van der Waals surface area contributed by atoms with Gasteiger partial charge in [0.05, 0.1) is 5.92 Å². The van der Waals surface area contributed by atoms with Gasteiger partial charge in [0.1, 0.15) is 18.2 Å². The fraction of sp³-hybridized carbons (Fsp3) is 0.278. The fourth-order valence-corrected chi connectivity index (χ4v) is 2.58. The summed E-state index contributed by atoms with van der Waals surface area (Å²) in [6.45, 7) is 1.77. The Balaban J connectivity index is 1.55. The molecule has 0 bridgehead atoms. The minimum Gasteiger partial charge on any atom is -0.489 e. The molecule has 0 aliphatic carbocycles. The van der Waals surface area contributed by atoms with E-state index < -0.39 is 5.97 Å². The standard InChI is InChI=1S/C18H18FNO3/c19-17-8-16(23-12-13-4-2-1-3-5-13)7-6-14(17)9-20-10-15(11-20)18(21)22/h1-8,15H,9-12H2,(H,21,22). The number of carboxylic acid groups (broad SMARTS) is 1. The lowest BCUT2D eigenvalue weighted by molar-refractivity contribution is -0.147. The van der Waals surface area contributed by atoms with E-state index in [1.54, 1.807) is 12.1 Å². The monoisotopic (exact) mass is 315 g/mol. The largest absolute Gasteiger partial charge is 0.489 e. The smallest absolute Gasteiger partial charge is 0.309 e. The van der Waals surface area contributed by atoms with Crippen LogP contribution in [-0.4, -0.2) is 29.1 Å². The van der Waals surface area contributed by atoms with E-state index in [-0.39, 0.29) is 11.7 Å². The molecule has 0 unspecified atom stereocenters. The Morgan fingerprint density at radius 3 is 2.61 bits per heavy atom. The summed E-state index contributed by atoms with van der Waals surface area (Å²) in [5.74, 6) is -0.950. The van der Waals surface area contributed by atoms with E-state index in [1.807, 2.05) is 35.2 Å². The molecule has 1 aliphatic heterocycles. The van der Waals surface area contributed by atoms with Crippen molar-refractivity contribution >= 4 is 5.97 Å². The maximum atomic E-state index is 14.1. The Morgan fingerprint density at radius 2 is 1.96 bits per heavy atom. The molecule has 0 saturated carbocycles. The molecule has 0 amide bonds. The predicted octanol–water partition coefficient (Wildman–Crippen LogP) is 2.92. The van der Waals surface area contributed by atoms with Crippen LogP contribution in [0.2, 0.25) is 0 Å². The summed E-state index contributed by atoms with van der Waals surface area (Å²) in [7, 11) is 0. The van der Waals surface area contributed by atoms with Crippen LogP contribution in [0, 0.1) is 11.7 Å². The van der Waals surface area contributed by atoms with Crippen LogP contribution >= 0.6 is 0 Å². The second kappa shape index (κ2) is 6.79. The van der Waals surface area contributed by atoms with Gasteiger partial charge in [-0.1, -0.05) is 36.4 Å². The van der Waals surface area contributed by atoms with Gasteiger partial charge in [0.25, 0.3) is 0 Å². The van der Waals surface area contributed by atoms with Crippen molar-refractivity contribution in [2.24, 2.45) is 5.92 Å². The number of ether oxygens (including phenoxy) is 1. The fourth-order valence-electron chi connectivity index (χ4n) is 2.58. The van der Waals surface area contributed by atoms with Crippen molar-refractivity contribution in [3.63, 3.8) is 0 Å². The molecule has 120 valence electrons. The maximum absolute atomic E-state index is 14.1. The van der Waals surface area contributed by atoms with E-state index in [4.69, 9.17) is 9.84 Å². The van der Waals surface area contributed by atoms with E-state index >= 15 is 0 Å². The zero-order valence-corrected chi connectivity index (χ0v) is 12.6. The lowest BCUT2D eigenvalue weighted by Gasteiger charge is -2.36. The number of hydrogen-bond acceptors (Lipinski definition) is 3. The molecule has 0 atom stereocenters. The average molecular weight is 315 g/mol. The second-order valence-electron chi connectivity index (χ2n) is 5.76. The second-order valence-corrected chi connectivity index (χ2v) is 5.76. The van der Waals surface area contributed by atoms with Crippen LogP contribution in [0.3, 0.4) is 0 Å². The summed E-state index contributed by atoms with van der Waals surface area (Å²) in [5, 5.41) is 8.84. The lowest BCUT2D eigenvalue weighted by Crippen LogP contribution is -2.49. The molecule has 23 heavy (non-hydrogen) atoms. The molecule has 1 fully saturated rings. The van der Waals surface area contributed by atoms with Gasteiger partial charge < -0.3 is 9.84 Å². The normalized spacial score (nSPS) is 15.2. The Morgan fingerprint density at radius 1 is 1.22 bits per heavy atom. The first-order valence-electron chi connectivity index (χ1n) is 7.52. The van der Waals surface area contributed by atoms with Crippen molar-refractivity contribution in [1.82, 2.24) is 4.90 Å². The summed E-state index contributed by atoms with van der Waals surface area (Å²) in [6.07, 6.45) is 0. The number of halogens is 1. The first-order chi connectivity index (χ1) is 11.1. The van der Waals surface area contributed by atoms with Crippen LogP contribution in [0.1, 0.15) is 11.1 Å². The predicted molar refractivity (Wildman–Crippen MR) is 83.6 cm³/mol. The molecule has 3 rings (SSSR count). The molecule has 0 radical (unpaired) electrons. The average Bonchev–Trinajstić information content (AvgIpc) is 2.50. The number of aliphatic carboxylic acids is 1. The first kappa shape index (κ1) is 15.5. The molecule has 0 spiro atoms. The highest BCUT2D eigenvalue weighted by molar-refractivity contribution is 5.71. The van der Waals surface area contributed by atoms with Gasteiger partial charge in [-0.25, -0.2) is 4.39 Å². The third-order valence-corrected chi connectivity index (χ3v) is 3.97. The number of benzene rings is 2. The van der Waals surface area contributed by atoms with Gasteiger partial charge in [-0.15, -0.1) is 0 Å². The highest BCUT2D eigenvalue weighted by atomic mass is 19.1. The molecule has 4 nitrogen and oxygen atoms in total. The molecular formula is C18H18FNO3. The Bertz CT molecular complexity index is 684. The number of nitrogens with zero attached hydrogens (tertiary/aromatic N) is 1. The third-order valence-electron chi connectivity index (χ3n) is 3.97. The maximum Gasteiger partial charge on any atom is 0.309 e. The Labute approximate surface area is 134 Å². The van der Waals surface area contributed by atoms with Crippen molar-refractivity contribution < 1.29 is 19.0 Å². The van der Waals surface area contributed by atoms with Gasteiger partial charge in [0, 0.05) is 31.3 Å². The van der Waals surface area contributed by atoms with E-state index in [0.29, 0.717) is 37.6 Å². The molecule has 2 aromatic carbocycles. The van der Waals surface area contributed by atoms with E-state index in [2.05, 4.69) is 0 Å². The minimum absolute atomic E-state index is 0.325. The number of likely N-dealkylation sites (tertiary alicyclic amines) is 1. The molecule has 2 aromatic rings. The van der Waals surface area contributed by atoms with Crippen molar-refractivity contribution in [3.8, 4) is 5.75 Å². The van der Waals surface area contributed by atoms with Crippen molar-refractivity contribution in [2.75, 3.05) is 13.1 Å². The molecule has 1 saturated heterocycles. The number of rotatable bonds is 6. The van der Waals surface area contributed by atoms with Crippen LogP contribution in [-0.2, 0) is 17.9 Å². The van der Waals surface area contributed by atoms with Crippen molar-refractivity contribution in [2.45, 2.75) is 13.2 Å². The van der Waals surface area contributed by atoms with Crippen molar-refractivity contribution in [1.29, 1.82) is 0 Å². The van der Waals surface area contributed by atoms with Gasteiger partial charge >= 0.3 is 5.97 Å². The van der Waals surface area contributed by atoms with Crippen LogP contribution in [0.4, 0.5) is 4.39 Å². The molecule has 1 heterocycles. The number of carboxylic acids is 1. The van der Waals surface area contributed by atoms with Gasteiger partial charge in [-0.05, 0) is 11.6 Å². The first-order valence-corrected chi connectivity index (χ1v) is 7.52. The van der Waals surface area contributed by atoms with Crippen LogP contribution < -0.4 is 4.74 Å². The van der Waals surface area contributed by atoms with Gasteiger partial charge in [-0.3, -0.25) is 9.69 Å². The quantitative estimate of drug-likeness (QED) is 0.890. The highest BCUT2D eigenvalue weighted by Gasteiger charge is 2.32. The van der Waals surface area contributed by atoms with Crippen LogP contribution in [0.15, 0.2) is 48.5 Å². The molecule has 1 N–H and O–H groups in total. The van der Waals surface area contributed by atoms with Gasteiger partial charge in [-0.2, -0.15) is 0 Å². The SMILES string of the molecule is O=C(O)C1CN(Cc2ccc(OCc3ccccc3)cc2F)C1. The zero-order valence-electron chi connectivity index (χ0n) is 12.6. The van der Waals surface area contributed by atoms with Crippen molar-refractivity contribution in [3.05, 3.63) is 65.5 Å². The minimum atomic E-state index is -0.786. The van der Waals surface area contributed by atoms with Crippen LogP contribution in [0.5, 0.6) is 5.75 Å². The Kier molecular flexibility index (Phi) is 4.57. The lowest BCUT2D eigenvalue weighted by atomic mass is 9.99. The van der Waals surface area contributed by atoms with E-state index in [1.165, 1.54) is 6.07 Å². The molecule has 5 heteroatoms. The van der Waals surface area contributed by atoms with E-state index in [9.17, 15) is 9.18 Å². The zero-order chi connectivity index (χ0) is 16.2.